The van der Waals surface area contributed by atoms with Gasteiger partial charge in [-0.25, -0.2) is 9.97 Å². The number of H-pyrrole nitrogens is 2. The van der Waals surface area contributed by atoms with Crippen molar-refractivity contribution in [3.05, 3.63) is 144 Å². The second kappa shape index (κ2) is 19.7. The Morgan fingerprint density at radius 1 is 0.508 bits per heavy atom. The Morgan fingerprint density at radius 3 is 1.18 bits per heavy atom. The van der Waals surface area contributed by atoms with Gasteiger partial charge in [-0.05, 0) is 99.1 Å². The predicted octanol–water partition coefficient (Wildman–Crippen LogP) is 10.3. The molecule has 2 aliphatic heterocycles. The molecule has 0 aliphatic carbocycles. The van der Waals surface area contributed by atoms with Crippen LogP contribution in [0.15, 0.2) is 122 Å². The fourth-order valence-electron chi connectivity index (χ4n) is 8.85. The monoisotopic (exact) mass is 818 g/mol. The molecule has 0 unspecified atom stereocenters. The van der Waals surface area contributed by atoms with Crippen LogP contribution in [-0.2, 0) is 9.59 Å². The maximum Gasteiger partial charge on any atom is 0.244 e. The summed E-state index contributed by atoms with van der Waals surface area (Å²) < 4.78 is 0. The van der Waals surface area contributed by atoms with Gasteiger partial charge in [0, 0.05) is 14.1 Å². The number of nitrogens with zero attached hydrogens (tertiary/aromatic N) is 6. The molecule has 10 heteroatoms. The van der Waals surface area contributed by atoms with Gasteiger partial charge < -0.3 is 19.8 Å². The van der Waals surface area contributed by atoms with Crippen LogP contribution in [0.3, 0.4) is 0 Å². The van der Waals surface area contributed by atoms with E-state index in [9.17, 15) is 9.59 Å². The highest BCUT2D eigenvalue weighted by Gasteiger charge is 2.35. The minimum absolute atomic E-state index is 0. The third-order valence-electron chi connectivity index (χ3n) is 12.8. The van der Waals surface area contributed by atoms with Gasteiger partial charge in [0.05, 0.1) is 35.9 Å². The highest BCUT2D eigenvalue weighted by molar-refractivity contribution is 5.84. The van der Waals surface area contributed by atoms with Crippen LogP contribution < -0.4 is 0 Å². The lowest BCUT2D eigenvalue weighted by atomic mass is 10.00. The number of likely N-dealkylation sites (tertiary alicyclic amines) is 2. The summed E-state index contributed by atoms with van der Waals surface area (Å²) in [6, 6.07) is 36.2. The van der Waals surface area contributed by atoms with Crippen LogP contribution in [0.1, 0.15) is 107 Å². The molecule has 6 aromatic rings. The lowest BCUT2D eigenvalue weighted by Gasteiger charge is -2.37. The van der Waals surface area contributed by atoms with Crippen molar-refractivity contribution in [2.75, 3.05) is 40.3 Å². The Balaban J connectivity index is 0.00000561. The number of carbonyl (C=O) groups excluding carboxylic acids is 2. The Bertz CT molecular complexity index is 2140. The summed E-state index contributed by atoms with van der Waals surface area (Å²) in [4.78, 5) is 53.1. The molecule has 2 N–H and O–H groups in total. The molecule has 0 radical (unpaired) electrons. The Hall–Kier alpha value is -5.84. The molecule has 2 fully saturated rings. The Morgan fingerprint density at radius 2 is 0.836 bits per heavy atom. The first kappa shape index (κ1) is 43.3. The lowest BCUT2D eigenvalue weighted by Crippen LogP contribution is -2.44. The number of hydrogen-bond acceptors (Lipinski definition) is 6. The summed E-state index contributed by atoms with van der Waals surface area (Å²) in [6.45, 7) is 7.80. The van der Waals surface area contributed by atoms with E-state index in [1.807, 2.05) is 86.5 Å². The molecule has 4 aromatic carbocycles. The molecule has 2 aromatic heterocycles. The third-order valence-corrected chi connectivity index (χ3v) is 12.8. The van der Waals surface area contributed by atoms with Crippen LogP contribution in [-0.4, -0.2) is 91.6 Å². The van der Waals surface area contributed by atoms with E-state index in [-0.39, 0.29) is 43.4 Å². The van der Waals surface area contributed by atoms with E-state index in [0.717, 1.165) is 108 Å². The maximum absolute atomic E-state index is 14.1. The number of carbonyl (C=O) groups is 2. The van der Waals surface area contributed by atoms with Crippen molar-refractivity contribution in [2.45, 2.75) is 84.0 Å². The van der Waals surface area contributed by atoms with Gasteiger partial charge in [0.1, 0.15) is 23.7 Å². The average Bonchev–Trinajstić information content (AvgIpc) is 4.02. The van der Waals surface area contributed by atoms with Gasteiger partial charge in [-0.1, -0.05) is 129 Å². The number of imidazole rings is 2. The molecule has 0 saturated carbocycles. The Labute approximate surface area is 362 Å². The van der Waals surface area contributed by atoms with Gasteiger partial charge in [0.2, 0.25) is 11.8 Å². The van der Waals surface area contributed by atoms with Gasteiger partial charge in [0.25, 0.3) is 0 Å². The van der Waals surface area contributed by atoms with Gasteiger partial charge in [-0.3, -0.25) is 19.4 Å². The number of aromatic amines is 2. The molecule has 2 amide bonds. The van der Waals surface area contributed by atoms with E-state index in [4.69, 9.17) is 9.97 Å². The van der Waals surface area contributed by atoms with Crippen molar-refractivity contribution >= 4 is 11.8 Å². The topological polar surface area (TPSA) is 104 Å². The fourth-order valence-corrected chi connectivity index (χ4v) is 8.85. The summed E-state index contributed by atoms with van der Waals surface area (Å²) >= 11 is 0. The zero-order chi connectivity index (χ0) is 41.6. The largest absolute Gasteiger partial charge is 0.340 e. The van der Waals surface area contributed by atoms with Gasteiger partial charge in [-0.15, -0.1) is 0 Å². The number of benzene rings is 4. The first-order valence-corrected chi connectivity index (χ1v) is 21.7. The molecule has 0 spiro atoms. The number of nitrogens with one attached hydrogen (secondary N) is 2. The molecular formula is C51H62N8O2. The van der Waals surface area contributed by atoms with Gasteiger partial charge in [-0.2, -0.15) is 0 Å². The SMILES string of the molecule is C.C[C@@H](c1ncc(-c2ccc(-c3ccc(-c4cnc([C@H](C)N(C)C(=O)[C@@H](c5ccccc5)N5CCCCC5)[nH]4)cc3)cc2)[nH]1)N(C)C(=O)[C@@H](c1ccccc1)N1CCCCC1. The average molecular weight is 819 g/mol. The molecule has 0 bridgehead atoms. The molecular weight excluding hydrogens is 757 g/mol. The van der Waals surface area contributed by atoms with Crippen molar-refractivity contribution in [3.63, 3.8) is 0 Å². The highest BCUT2D eigenvalue weighted by atomic mass is 16.2. The second-order valence-corrected chi connectivity index (χ2v) is 16.6. The van der Waals surface area contributed by atoms with Crippen molar-refractivity contribution in [2.24, 2.45) is 0 Å². The Kier molecular flexibility index (Phi) is 14.0. The maximum atomic E-state index is 14.1. The van der Waals surface area contributed by atoms with Crippen molar-refractivity contribution < 1.29 is 9.59 Å². The fraction of sp³-hybridized carbons (Fsp3) is 0.373. The van der Waals surface area contributed by atoms with E-state index in [0.29, 0.717) is 0 Å². The number of hydrogen-bond donors (Lipinski definition) is 2. The van der Waals surface area contributed by atoms with Crippen molar-refractivity contribution in [1.82, 2.24) is 39.5 Å². The van der Waals surface area contributed by atoms with Crippen LogP contribution in [0, 0.1) is 0 Å². The van der Waals surface area contributed by atoms with Crippen LogP contribution in [0.25, 0.3) is 33.6 Å². The smallest absolute Gasteiger partial charge is 0.244 e. The molecule has 2 saturated heterocycles. The lowest BCUT2D eigenvalue weighted by molar-refractivity contribution is -0.139. The van der Waals surface area contributed by atoms with E-state index in [1.54, 1.807) is 0 Å². The molecule has 318 valence electrons. The standard InChI is InChI=1S/C50H58N8O2.CH4/c1-35(55(3)49(59)45(41-17-9-5-10-18-41)57-29-13-7-14-30-57)47-51-33-43(53-47)39-25-21-37(22-26-39)38-23-27-40(28-24-38)44-34-52-48(54-44)36(2)56(4)50(60)46(42-19-11-6-12-20-42)58-31-15-8-16-32-58;/h5-6,9-12,17-28,33-36,45-46H,7-8,13-16,29-32H2,1-4H3,(H,51,53)(H,52,54);1H4/t35-,36-,45+,46+;/m0./s1. The molecule has 2 aliphatic rings. The first-order chi connectivity index (χ1) is 29.3. The number of rotatable bonds is 13. The number of likely N-dealkylation sites (N-methyl/N-ethyl adjacent to an activating group) is 2. The number of amides is 2. The minimum atomic E-state index is -0.303. The van der Waals surface area contributed by atoms with Crippen molar-refractivity contribution in [1.29, 1.82) is 0 Å². The van der Waals surface area contributed by atoms with Crippen LogP contribution in [0.4, 0.5) is 0 Å². The van der Waals surface area contributed by atoms with E-state index in [2.05, 4.69) is 92.6 Å². The van der Waals surface area contributed by atoms with Gasteiger partial charge in [0.15, 0.2) is 0 Å². The van der Waals surface area contributed by atoms with Crippen LogP contribution >= 0.6 is 0 Å². The number of piperidine rings is 2. The molecule has 8 rings (SSSR count). The summed E-state index contributed by atoms with van der Waals surface area (Å²) in [5.74, 6) is 1.70. The first-order valence-electron chi connectivity index (χ1n) is 21.7. The predicted molar refractivity (Wildman–Crippen MR) is 245 cm³/mol. The van der Waals surface area contributed by atoms with E-state index < -0.39 is 0 Å². The summed E-state index contributed by atoms with van der Waals surface area (Å²) in [5.41, 5.74) is 8.17. The highest BCUT2D eigenvalue weighted by Crippen LogP contribution is 2.33. The van der Waals surface area contributed by atoms with Gasteiger partial charge >= 0.3 is 0 Å². The van der Waals surface area contributed by atoms with Crippen LogP contribution in [0.2, 0.25) is 0 Å². The summed E-state index contributed by atoms with van der Waals surface area (Å²) in [7, 11) is 3.78. The van der Waals surface area contributed by atoms with Crippen molar-refractivity contribution in [3.8, 4) is 33.6 Å². The minimum Gasteiger partial charge on any atom is -0.340 e. The second-order valence-electron chi connectivity index (χ2n) is 16.6. The normalized spacial score (nSPS) is 16.8. The molecule has 61 heavy (non-hydrogen) atoms. The summed E-state index contributed by atoms with van der Waals surface area (Å²) in [6.07, 6.45) is 10.6. The molecule has 10 nitrogen and oxygen atoms in total. The zero-order valence-corrected chi connectivity index (χ0v) is 35.4. The van der Waals surface area contributed by atoms with E-state index >= 15 is 0 Å². The third kappa shape index (κ3) is 9.56. The number of aromatic nitrogens is 4. The van der Waals surface area contributed by atoms with Crippen LogP contribution in [0.5, 0.6) is 0 Å². The summed E-state index contributed by atoms with van der Waals surface area (Å²) in [5, 5.41) is 0. The quantitative estimate of drug-likeness (QED) is 0.120. The van der Waals surface area contributed by atoms with E-state index in [1.165, 1.54) is 12.8 Å². The molecule has 4 heterocycles. The zero-order valence-electron chi connectivity index (χ0n) is 35.4. The molecule has 4 atom stereocenters.